The highest BCUT2D eigenvalue weighted by Crippen LogP contribution is 2.43. The molecule has 2 aromatic carbocycles. The van der Waals surface area contributed by atoms with Crippen LogP contribution in [0.25, 0.3) is 0 Å². The molecule has 1 aliphatic carbocycles. The number of nitrogens with zero attached hydrogens (tertiary/aromatic N) is 1. The molecule has 0 radical (unpaired) electrons. The minimum atomic E-state index is -0.115. The van der Waals surface area contributed by atoms with Crippen LogP contribution >= 0.6 is 23.2 Å². The Labute approximate surface area is 227 Å². The molecule has 2 fully saturated rings. The van der Waals surface area contributed by atoms with Crippen molar-refractivity contribution in [3.05, 3.63) is 68.9 Å². The van der Waals surface area contributed by atoms with E-state index in [1.807, 2.05) is 25.1 Å². The molecule has 5 rings (SSSR count). The lowest BCUT2D eigenvalue weighted by Crippen LogP contribution is -2.44. The molecule has 2 heterocycles. The van der Waals surface area contributed by atoms with Gasteiger partial charge in [-0.25, -0.2) is 0 Å². The van der Waals surface area contributed by atoms with Gasteiger partial charge in [-0.2, -0.15) is 0 Å². The van der Waals surface area contributed by atoms with E-state index in [4.69, 9.17) is 32.7 Å². The maximum atomic E-state index is 13.0. The van der Waals surface area contributed by atoms with Gasteiger partial charge in [0.25, 0.3) is 5.91 Å². The van der Waals surface area contributed by atoms with Gasteiger partial charge in [0, 0.05) is 24.7 Å². The van der Waals surface area contributed by atoms with Gasteiger partial charge in [-0.05, 0) is 93.8 Å². The van der Waals surface area contributed by atoms with Crippen molar-refractivity contribution >= 4 is 34.9 Å². The number of hydrogen-bond acceptors (Lipinski definition) is 5. The van der Waals surface area contributed by atoms with Crippen LogP contribution in [0.4, 0.5) is 0 Å². The number of rotatable bonds is 9. The van der Waals surface area contributed by atoms with Gasteiger partial charge in [-0.3, -0.25) is 9.59 Å². The third kappa shape index (κ3) is 6.14. The number of hydrogen-bond donors (Lipinski definition) is 1. The van der Waals surface area contributed by atoms with Gasteiger partial charge in [0.1, 0.15) is 17.1 Å². The third-order valence-electron chi connectivity index (χ3n) is 7.41. The second-order valence-electron chi connectivity index (χ2n) is 10.1. The highest BCUT2D eigenvalue weighted by atomic mass is 35.5. The number of nitrogens with one attached hydrogen (secondary N) is 1. The molecule has 0 aromatic heterocycles. The third-order valence-corrected chi connectivity index (χ3v) is 8.15. The summed E-state index contributed by atoms with van der Waals surface area (Å²) in [7, 11) is 0. The van der Waals surface area contributed by atoms with E-state index in [0.717, 1.165) is 63.7 Å². The lowest BCUT2D eigenvalue weighted by molar-refractivity contribution is 0.0909. The van der Waals surface area contributed by atoms with Crippen molar-refractivity contribution in [2.45, 2.75) is 51.5 Å². The molecule has 2 aromatic rings. The van der Waals surface area contributed by atoms with Crippen molar-refractivity contribution in [3.8, 4) is 11.5 Å². The van der Waals surface area contributed by atoms with Crippen LogP contribution in [-0.4, -0.2) is 48.9 Å². The molecular weight excluding hydrogens is 511 g/mol. The Morgan fingerprint density at radius 1 is 1.08 bits per heavy atom. The number of ether oxygens (including phenoxy) is 2. The summed E-state index contributed by atoms with van der Waals surface area (Å²) in [5, 5.41) is 3.94. The van der Waals surface area contributed by atoms with E-state index < -0.39 is 0 Å². The van der Waals surface area contributed by atoms with Gasteiger partial charge < -0.3 is 19.7 Å². The van der Waals surface area contributed by atoms with E-state index in [2.05, 4.69) is 10.2 Å². The Hall–Kier alpha value is -2.54. The van der Waals surface area contributed by atoms with E-state index in [-0.39, 0.29) is 17.7 Å². The zero-order valence-electron chi connectivity index (χ0n) is 21.0. The van der Waals surface area contributed by atoms with Crippen LogP contribution in [0.3, 0.4) is 0 Å². The number of carbonyl (C=O) groups is 2. The summed E-state index contributed by atoms with van der Waals surface area (Å²) < 4.78 is 11.9. The number of piperidine rings is 1. The Morgan fingerprint density at radius 3 is 2.59 bits per heavy atom. The molecule has 1 amide bonds. The van der Waals surface area contributed by atoms with Crippen molar-refractivity contribution in [2.24, 2.45) is 5.92 Å². The standard InChI is InChI=1S/C29H32Cl2N2O4/c1-18(19-7-8-19)28-27(34)26-24(5-4-6-25(26)37-28)36-16-3-2-13-33-14-11-21(12-15-33)32-29(35)20-9-10-22(30)23(31)17-20/h4-6,9-10,17,19,21H,2-3,7-8,11-16H2,1H3,(H,32,35)/b28-18+. The zero-order chi connectivity index (χ0) is 25.9. The van der Waals surface area contributed by atoms with E-state index in [1.54, 1.807) is 18.2 Å². The monoisotopic (exact) mass is 542 g/mol. The average molecular weight is 543 g/mol. The first-order valence-corrected chi connectivity index (χ1v) is 13.8. The number of fused-ring (bicyclic) bond motifs is 1. The summed E-state index contributed by atoms with van der Waals surface area (Å²) in [6.45, 7) is 5.44. The summed E-state index contributed by atoms with van der Waals surface area (Å²) in [6.07, 6.45) is 6.01. The number of ketones is 1. The molecule has 0 unspecified atom stereocenters. The Morgan fingerprint density at radius 2 is 1.86 bits per heavy atom. The van der Waals surface area contributed by atoms with Crippen molar-refractivity contribution in [2.75, 3.05) is 26.2 Å². The fourth-order valence-corrected chi connectivity index (χ4v) is 5.30. The summed E-state index contributed by atoms with van der Waals surface area (Å²) in [5.74, 6) is 2.03. The van der Waals surface area contributed by atoms with Crippen LogP contribution in [0.15, 0.2) is 47.7 Å². The van der Waals surface area contributed by atoms with Crippen molar-refractivity contribution in [1.29, 1.82) is 0 Å². The van der Waals surface area contributed by atoms with Crippen LogP contribution in [-0.2, 0) is 0 Å². The first-order chi connectivity index (χ1) is 17.9. The van der Waals surface area contributed by atoms with Crippen LogP contribution in [0.5, 0.6) is 11.5 Å². The highest BCUT2D eigenvalue weighted by molar-refractivity contribution is 6.42. The molecule has 2 aliphatic heterocycles. The van der Waals surface area contributed by atoms with Gasteiger partial charge >= 0.3 is 0 Å². The second kappa shape index (κ2) is 11.5. The van der Waals surface area contributed by atoms with Gasteiger partial charge in [0.2, 0.25) is 5.78 Å². The van der Waals surface area contributed by atoms with Gasteiger partial charge in [-0.1, -0.05) is 29.3 Å². The molecule has 0 bridgehead atoms. The van der Waals surface area contributed by atoms with E-state index in [9.17, 15) is 9.59 Å². The number of carbonyl (C=O) groups excluding carboxylic acids is 2. The summed E-state index contributed by atoms with van der Waals surface area (Å²) >= 11 is 12.0. The maximum Gasteiger partial charge on any atom is 0.251 e. The number of unbranched alkanes of at least 4 members (excludes halogenated alkanes) is 1. The Balaban J connectivity index is 1.02. The summed E-state index contributed by atoms with van der Waals surface area (Å²) in [5.41, 5.74) is 2.15. The Bertz CT molecular complexity index is 1220. The predicted octanol–water partition coefficient (Wildman–Crippen LogP) is 6.31. The average Bonchev–Trinajstić information content (AvgIpc) is 3.69. The quantitative estimate of drug-likeness (QED) is 0.297. The molecule has 1 N–H and O–H groups in total. The Kier molecular flexibility index (Phi) is 8.08. The molecule has 0 atom stereocenters. The largest absolute Gasteiger partial charge is 0.493 e. The number of likely N-dealkylation sites (tertiary alicyclic amines) is 1. The molecule has 196 valence electrons. The zero-order valence-corrected chi connectivity index (χ0v) is 22.5. The normalized spacial score (nSPS) is 19.4. The number of allylic oxidation sites excluding steroid dienone is 2. The number of benzene rings is 2. The molecule has 6 nitrogen and oxygen atoms in total. The minimum Gasteiger partial charge on any atom is -0.493 e. The summed E-state index contributed by atoms with van der Waals surface area (Å²) in [4.78, 5) is 27.9. The topological polar surface area (TPSA) is 67.9 Å². The van der Waals surface area contributed by atoms with Gasteiger partial charge in [-0.15, -0.1) is 0 Å². The van der Waals surface area contributed by atoms with Crippen LogP contribution in [0.1, 0.15) is 66.2 Å². The molecule has 0 spiro atoms. The molecule has 8 heteroatoms. The van der Waals surface area contributed by atoms with E-state index in [1.165, 1.54) is 0 Å². The molecular formula is C29H32Cl2N2O4. The molecule has 1 saturated heterocycles. The smallest absolute Gasteiger partial charge is 0.251 e. The summed E-state index contributed by atoms with van der Waals surface area (Å²) in [6, 6.07) is 10.7. The van der Waals surface area contributed by atoms with Gasteiger partial charge in [0.15, 0.2) is 5.76 Å². The predicted molar refractivity (Wildman–Crippen MR) is 145 cm³/mol. The first-order valence-electron chi connectivity index (χ1n) is 13.1. The lowest BCUT2D eigenvalue weighted by Gasteiger charge is -2.32. The SMILES string of the molecule is C/C(=C1\Oc2cccc(OCCCCN3CCC(NC(=O)c4ccc(Cl)c(Cl)c4)CC3)c2C1=O)C1CC1. The fourth-order valence-electron chi connectivity index (χ4n) is 5.00. The van der Waals surface area contributed by atoms with Crippen molar-refractivity contribution in [3.63, 3.8) is 0 Å². The van der Waals surface area contributed by atoms with Gasteiger partial charge in [0.05, 0.1) is 16.7 Å². The molecule has 1 saturated carbocycles. The van der Waals surface area contributed by atoms with E-state index >= 15 is 0 Å². The molecule has 3 aliphatic rings. The number of halogens is 2. The highest BCUT2D eigenvalue weighted by Gasteiger charge is 2.36. The van der Waals surface area contributed by atoms with Crippen LogP contribution in [0.2, 0.25) is 10.0 Å². The number of amides is 1. The second-order valence-corrected chi connectivity index (χ2v) is 10.9. The first kappa shape index (κ1) is 26.1. The fraction of sp³-hybridized carbons (Fsp3) is 0.448. The molecule has 37 heavy (non-hydrogen) atoms. The van der Waals surface area contributed by atoms with E-state index in [0.29, 0.717) is 51.0 Å². The van der Waals surface area contributed by atoms with Crippen molar-refractivity contribution in [1.82, 2.24) is 10.2 Å². The van der Waals surface area contributed by atoms with Crippen molar-refractivity contribution < 1.29 is 19.1 Å². The van der Waals surface area contributed by atoms with Crippen LogP contribution < -0.4 is 14.8 Å². The minimum absolute atomic E-state index is 0.0517. The number of Topliss-reactive ketones (excluding diaryl/α,β-unsaturated/α-hetero) is 1. The lowest BCUT2D eigenvalue weighted by atomic mass is 10.0. The maximum absolute atomic E-state index is 13.0. The van der Waals surface area contributed by atoms with Crippen LogP contribution in [0, 0.1) is 5.92 Å².